The van der Waals surface area contributed by atoms with Crippen molar-refractivity contribution in [2.75, 3.05) is 11.1 Å². The maximum Gasteiger partial charge on any atom is 0.138 e. The molecule has 0 saturated carbocycles. The zero-order valence-corrected chi connectivity index (χ0v) is 12.7. The monoisotopic (exact) mass is 297 g/mol. The molecule has 4 heteroatoms. The number of nitrogens with zero attached hydrogens (tertiary/aromatic N) is 1. The number of pyridine rings is 1. The molecule has 0 spiro atoms. The number of benzene rings is 2. The van der Waals surface area contributed by atoms with Crippen LogP contribution in [0.3, 0.4) is 0 Å². The molecule has 0 unspecified atom stereocenters. The van der Waals surface area contributed by atoms with Gasteiger partial charge in [-0.3, -0.25) is 0 Å². The van der Waals surface area contributed by atoms with Crippen molar-refractivity contribution in [1.82, 2.24) is 4.98 Å². The summed E-state index contributed by atoms with van der Waals surface area (Å²) >= 11 is 6.00. The Kier molecular flexibility index (Phi) is 3.43. The van der Waals surface area contributed by atoms with Gasteiger partial charge in [-0.05, 0) is 55.3 Å². The summed E-state index contributed by atoms with van der Waals surface area (Å²) in [5.74, 6) is 0.808. The van der Waals surface area contributed by atoms with Crippen LogP contribution >= 0.6 is 11.6 Å². The second kappa shape index (κ2) is 5.26. The minimum absolute atomic E-state index is 0.726. The van der Waals surface area contributed by atoms with E-state index in [2.05, 4.69) is 17.2 Å². The quantitative estimate of drug-likeness (QED) is 0.666. The van der Waals surface area contributed by atoms with Crippen LogP contribution in [0.25, 0.3) is 10.8 Å². The molecule has 0 saturated heterocycles. The van der Waals surface area contributed by atoms with Crippen LogP contribution in [-0.2, 0) is 0 Å². The highest BCUT2D eigenvalue weighted by Crippen LogP contribution is 2.32. The first-order chi connectivity index (χ1) is 10.1. The third-order valence-electron chi connectivity index (χ3n) is 3.61. The normalized spacial score (nSPS) is 10.8. The van der Waals surface area contributed by atoms with Gasteiger partial charge in [-0.15, -0.1) is 0 Å². The Bertz CT molecular complexity index is 828. The Balaban J connectivity index is 2.15. The molecular formula is C17H16ClN3. The Morgan fingerprint density at radius 3 is 2.62 bits per heavy atom. The molecule has 106 valence electrons. The van der Waals surface area contributed by atoms with Gasteiger partial charge in [0.1, 0.15) is 5.82 Å². The summed E-state index contributed by atoms with van der Waals surface area (Å²) in [6.07, 6.45) is 1.77. The molecule has 0 bridgehead atoms. The van der Waals surface area contributed by atoms with Crippen LogP contribution in [0.1, 0.15) is 11.1 Å². The van der Waals surface area contributed by atoms with Crippen LogP contribution in [0.15, 0.2) is 42.6 Å². The fraction of sp³-hybridized carbons (Fsp3) is 0.118. The van der Waals surface area contributed by atoms with Gasteiger partial charge in [0.15, 0.2) is 0 Å². The van der Waals surface area contributed by atoms with E-state index < -0.39 is 0 Å². The van der Waals surface area contributed by atoms with Crippen molar-refractivity contribution in [1.29, 1.82) is 0 Å². The number of halogens is 1. The molecule has 1 aromatic heterocycles. The number of hydrogen-bond donors (Lipinski definition) is 2. The van der Waals surface area contributed by atoms with E-state index in [4.69, 9.17) is 17.3 Å². The molecule has 0 radical (unpaired) electrons. The summed E-state index contributed by atoms with van der Waals surface area (Å²) in [5.41, 5.74) is 10.0. The minimum atomic E-state index is 0.726. The number of fused-ring (bicyclic) bond motifs is 1. The van der Waals surface area contributed by atoms with Gasteiger partial charge in [0.2, 0.25) is 0 Å². The second-order valence-corrected chi connectivity index (χ2v) is 5.57. The fourth-order valence-corrected chi connectivity index (χ4v) is 2.71. The smallest absolute Gasteiger partial charge is 0.138 e. The van der Waals surface area contributed by atoms with E-state index >= 15 is 0 Å². The van der Waals surface area contributed by atoms with Gasteiger partial charge < -0.3 is 11.1 Å². The van der Waals surface area contributed by atoms with Crippen molar-refractivity contribution >= 4 is 39.6 Å². The Morgan fingerprint density at radius 2 is 1.86 bits per heavy atom. The molecular weight excluding hydrogens is 282 g/mol. The highest BCUT2D eigenvalue weighted by Gasteiger charge is 2.09. The van der Waals surface area contributed by atoms with Crippen LogP contribution < -0.4 is 11.1 Å². The van der Waals surface area contributed by atoms with E-state index in [1.165, 1.54) is 0 Å². The zero-order chi connectivity index (χ0) is 15.0. The van der Waals surface area contributed by atoms with Gasteiger partial charge in [-0.25, -0.2) is 4.98 Å². The molecule has 0 aliphatic carbocycles. The average molecular weight is 298 g/mol. The molecule has 3 nitrogen and oxygen atoms in total. The van der Waals surface area contributed by atoms with Gasteiger partial charge in [0.25, 0.3) is 0 Å². The molecule has 0 fully saturated rings. The third-order valence-corrected chi connectivity index (χ3v) is 3.85. The summed E-state index contributed by atoms with van der Waals surface area (Å²) in [6, 6.07) is 11.6. The molecule has 3 aromatic rings. The fourth-order valence-electron chi connectivity index (χ4n) is 2.48. The van der Waals surface area contributed by atoms with Crippen LogP contribution in [0.5, 0.6) is 0 Å². The lowest BCUT2D eigenvalue weighted by molar-refractivity contribution is 1.31. The number of nitrogens with one attached hydrogen (secondary N) is 1. The number of aryl methyl sites for hydroxylation is 2. The first-order valence-electron chi connectivity index (χ1n) is 6.73. The predicted octanol–water partition coefficient (Wildman–Crippen LogP) is 4.83. The van der Waals surface area contributed by atoms with Crippen LogP contribution in [-0.4, -0.2) is 4.98 Å². The lowest BCUT2D eigenvalue weighted by Crippen LogP contribution is -1.99. The molecule has 3 rings (SSSR count). The Hall–Kier alpha value is -2.26. The highest BCUT2D eigenvalue weighted by molar-refractivity contribution is 6.30. The molecule has 0 aliphatic rings. The molecule has 0 aliphatic heterocycles. The van der Waals surface area contributed by atoms with Crippen LogP contribution in [0, 0.1) is 13.8 Å². The molecule has 2 aromatic carbocycles. The molecule has 3 N–H and O–H groups in total. The van der Waals surface area contributed by atoms with E-state index in [9.17, 15) is 0 Å². The summed E-state index contributed by atoms with van der Waals surface area (Å²) < 4.78 is 0. The van der Waals surface area contributed by atoms with Crippen molar-refractivity contribution in [2.45, 2.75) is 13.8 Å². The lowest BCUT2D eigenvalue weighted by atomic mass is 10.0. The van der Waals surface area contributed by atoms with Gasteiger partial charge in [-0.1, -0.05) is 17.7 Å². The van der Waals surface area contributed by atoms with E-state index in [0.29, 0.717) is 0 Å². The van der Waals surface area contributed by atoms with Gasteiger partial charge in [-0.2, -0.15) is 0 Å². The van der Waals surface area contributed by atoms with Gasteiger partial charge in [0.05, 0.1) is 0 Å². The van der Waals surface area contributed by atoms with Crippen molar-refractivity contribution in [3.63, 3.8) is 0 Å². The number of nitrogens with two attached hydrogens (primary N) is 1. The van der Waals surface area contributed by atoms with Gasteiger partial charge in [0, 0.05) is 33.4 Å². The largest absolute Gasteiger partial charge is 0.398 e. The average Bonchev–Trinajstić information content (AvgIpc) is 2.46. The third kappa shape index (κ3) is 2.52. The van der Waals surface area contributed by atoms with Crippen molar-refractivity contribution in [3.05, 3.63) is 58.7 Å². The predicted molar refractivity (Wildman–Crippen MR) is 90.4 cm³/mol. The topological polar surface area (TPSA) is 50.9 Å². The summed E-state index contributed by atoms with van der Waals surface area (Å²) in [6.45, 7) is 4.07. The molecule has 1 heterocycles. The van der Waals surface area contributed by atoms with Crippen LogP contribution in [0.2, 0.25) is 5.02 Å². The van der Waals surface area contributed by atoms with E-state index in [1.807, 2.05) is 43.3 Å². The maximum atomic E-state index is 6.06. The molecule has 0 amide bonds. The van der Waals surface area contributed by atoms with Crippen molar-refractivity contribution in [2.24, 2.45) is 0 Å². The first kappa shape index (κ1) is 13.7. The van der Waals surface area contributed by atoms with E-state index in [-0.39, 0.29) is 0 Å². The van der Waals surface area contributed by atoms with E-state index in [0.717, 1.165) is 44.1 Å². The molecule has 0 atom stereocenters. The van der Waals surface area contributed by atoms with E-state index in [1.54, 1.807) is 6.20 Å². The maximum absolute atomic E-state index is 6.06. The van der Waals surface area contributed by atoms with Crippen molar-refractivity contribution in [3.8, 4) is 0 Å². The minimum Gasteiger partial charge on any atom is -0.398 e. The standard InChI is InChI=1S/C17H16ClN3/c1-10-3-5-14(19)13-7-8-20-17(16(10)13)21-15-6-4-12(18)9-11(15)2/h3-9H,19H2,1-2H3,(H,20,21). The van der Waals surface area contributed by atoms with Crippen molar-refractivity contribution < 1.29 is 0 Å². The van der Waals surface area contributed by atoms with Crippen LogP contribution in [0.4, 0.5) is 17.2 Å². The summed E-state index contributed by atoms with van der Waals surface area (Å²) in [4.78, 5) is 4.47. The number of rotatable bonds is 2. The summed E-state index contributed by atoms with van der Waals surface area (Å²) in [7, 11) is 0. The zero-order valence-electron chi connectivity index (χ0n) is 11.9. The molecule has 21 heavy (non-hydrogen) atoms. The Morgan fingerprint density at radius 1 is 1.05 bits per heavy atom. The Labute approximate surface area is 128 Å². The number of nitrogen functional groups attached to an aromatic ring is 1. The number of aromatic nitrogens is 1. The van der Waals surface area contributed by atoms with Gasteiger partial charge >= 0.3 is 0 Å². The first-order valence-corrected chi connectivity index (χ1v) is 7.11. The number of hydrogen-bond acceptors (Lipinski definition) is 3. The lowest BCUT2D eigenvalue weighted by Gasteiger charge is -2.13. The second-order valence-electron chi connectivity index (χ2n) is 5.14. The SMILES string of the molecule is Cc1cc(Cl)ccc1Nc1nccc2c(N)ccc(C)c12. The number of anilines is 3. The summed E-state index contributed by atoms with van der Waals surface area (Å²) in [5, 5.41) is 6.17. The highest BCUT2D eigenvalue weighted by atomic mass is 35.5.